The van der Waals surface area contributed by atoms with Crippen LogP contribution in [0.3, 0.4) is 0 Å². The maximum atomic E-state index is 12.4. The van der Waals surface area contributed by atoms with Crippen molar-refractivity contribution in [3.8, 4) is 0 Å². The Balaban J connectivity index is 2.22. The fourth-order valence-electron chi connectivity index (χ4n) is 2.39. The first-order valence-corrected chi connectivity index (χ1v) is 6.50. The lowest BCUT2D eigenvalue weighted by molar-refractivity contribution is -0.143. The molecule has 1 N–H and O–H groups in total. The quantitative estimate of drug-likeness (QED) is 0.889. The van der Waals surface area contributed by atoms with E-state index in [1.54, 1.807) is 18.9 Å². The number of hydrogen-bond acceptors (Lipinski definition) is 3. The highest BCUT2D eigenvalue weighted by atomic mass is 35.5. The number of rotatable bonds is 2. The van der Waals surface area contributed by atoms with Gasteiger partial charge in [0.15, 0.2) is 0 Å². The summed E-state index contributed by atoms with van der Waals surface area (Å²) in [7, 11) is 1.67. The van der Waals surface area contributed by atoms with E-state index >= 15 is 0 Å². The third kappa shape index (κ3) is 2.58. The van der Waals surface area contributed by atoms with Gasteiger partial charge in [-0.15, -0.1) is 0 Å². The summed E-state index contributed by atoms with van der Waals surface area (Å²) in [6, 6.07) is 0. The minimum atomic E-state index is -0.855. The molecule has 1 aliphatic rings. The monoisotopic (exact) mass is 285 g/mol. The molecule has 0 unspecified atom stereocenters. The van der Waals surface area contributed by atoms with Crippen molar-refractivity contribution < 1.29 is 14.7 Å². The second-order valence-corrected chi connectivity index (χ2v) is 5.16. The molecular formula is C12H16ClN3O3. The van der Waals surface area contributed by atoms with Gasteiger partial charge in [-0.25, -0.2) is 0 Å². The Bertz CT molecular complexity index is 527. The Morgan fingerprint density at radius 3 is 2.68 bits per heavy atom. The number of carboxylic acids is 1. The highest BCUT2D eigenvalue weighted by Crippen LogP contribution is 2.24. The summed E-state index contributed by atoms with van der Waals surface area (Å²) in [4.78, 5) is 25.0. The Morgan fingerprint density at radius 1 is 1.47 bits per heavy atom. The smallest absolute Gasteiger partial charge is 0.308 e. The van der Waals surface area contributed by atoms with Gasteiger partial charge in [0.25, 0.3) is 5.91 Å². The highest BCUT2D eigenvalue weighted by molar-refractivity contribution is 6.33. The van der Waals surface area contributed by atoms with E-state index in [-0.39, 0.29) is 12.5 Å². The first kappa shape index (κ1) is 13.9. The molecule has 0 saturated carbocycles. The SMILES string of the molecule is Cc1nn(C)c(Cl)c1C(=O)N1CCC[C@H](C(=O)O)C1. The van der Waals surface area contributed by atoms with Crippen LogP contribution >= 0.6 is 11.6 Å². The molecule has 2 rings (SSSR count). The molecule has 2 heterocycles. The number of aryl methyl sites for hydroxylation is 2. The molecule has 1 fully saturated rings. The Hall–Kier alpha value is -1.56. The van der Waals surface area contributed by atoms with Crippen LogP contribution in [-0.2, 0) is 11.8 Å². The van der Waals surface area contributed by atoms with Gasteiger partial charge in [0.2, 0.25) is 0 Å². The minimum absolute atomic E-state index is 0.235. The number of carboxylic acid groups (broad SMARTS) is 1. The second-order valence-electron chi connectivity index (χ2n) is 4.80. The molecule has 1 aliphatic heterocycles. The fraction of sp³-hybridized carbons (Fsp3) is 0.583. The lowest BCUT2D eigenvalue weighted by Gasteiger charge is -2.30. The molecule has 0 aromatic carbocycles. The van der Waals surface area contributed by atoms with E-state index in [0.29, 0.717) is 35.8 Å². The van der Waals surface area contributed by atoms with Gasteiger partial charge in [-0.3, -0.25) is 14.3 Å². The van der Waals surface area contributed by atoms with E-state index in [2.05, 4.69) is 5.10 Å². The first-order chi connectivity index (χ1) is 8.91. The lowest BCUT2D eigenvalue weighted by atomic mass is 9.98. The summed E-state index contributed by atoms with van der Waals surface area (Å²) in [6.07, 6.45) is 1.30. The van der Waals surface area contributed by atoms with E-state index in [4.69, 9.17) is 16.7 Å². The number of nitrogens with zero attached hydrogens (tertiary/aromatic N) is 3. The molecule has 1 aromatic rings. The molecule has 1 atom stereocenters. The van der Waals surface area contributed by atoms with Crippen molar-refractivity contribution in [2.24, 2.45) is 13.0 Å². The van der Waals surface area contributed by atoms with E-state index in [1.807, 2.05) is 0 Å². The van der Waals surface area contributed by atoms with E-state index in [9.17, 15) is 9.59 Å². The third-order valence-electron chi connectivity index (χ3n) is 3.42. The number of piperidine rings is 1. The van der Waals surface area contributed by atoms with Crippen molar-refractivity contribution in [1.82, 2.24) is 14.7 Å². The van der Waals surface area contributed by atoms with Crippen LogP contribution in [0.5, 0.6) is 0 Å². The van der Waals surface area contributed by atoms with Crippen molar-refractivity contribution >= 4 is 23.5 Å². The molecular weight excluding hydrogens is 270 g/mol. The summed E-state index contributed by atoms with van der Waals surface area (Å²) in [5.74, 6) is -1.58. The number of amides is 1. The van der Waals surface area contributed by atoms with Crippen LogP contribution in [0, 0.1) is 12.8 Å². The van der Waals surface area contributed by atoms with Gasteiger partial charge < -0.3 is 10.0 Å². The molecule has 0 spiro atoms. The minimum Gasteiger partial charge on any atom is -0.481 e. The van der Waals surface area contributed by atoms with Crippen LogP contribution in [-0.4, -0.2) is 44.8 Å². The summed E-state index contributed by atoms with van der Waals surface area (Å²) in [5.41, 5.74) is 0.935. The standard InChI is InChI=1S/C12H16ClN3O3/c1-7-9(10(13)15(2)14-7)11(17)16-5-3-4-8(6-16)12(18)19/h8H,3-6H2,1-2H3,(H,18,19)/t8-/m0/s1. The molecule has 1 amide bonds. The Kier molecular flexibility index (Phi) is 3.80. The average molecular weight is 286 g/mol. The van der Waals surface area contributed by atoms with Gasteiger partial charge in [-0.05, 0) is 19.8 Å². The fourth-order valence-corrected chi connectivity index (χ4v) is 2.65. The number of aromatic nitrogens is 2. The molecule has 0 aliphatic carbocycles. The van der Waals surface area contributed by atoms with Crippen LogP contribution in [0.1, 0.15) is 28.9 Å². The maximum absolute atomic E-state index is 12.4. The van der Waals surface area contributed by atoms with Gasteiger partial charge in [0.1, 0.15) is 5.15 Å². The first-order valence-electron chi connectivity index (χ1n) is 6.13. The van der Waals surface area contributed by atoms with E-state index in [0.717, 1.165) is 0 Å². The van der Waals surface area contributed by atoms with Crippen LogP contribution < -0.4 is 0 Å². The van der Waals surface area contributed by atoms with Crippen molar-refractivity contribution in [3.63, 3.8) is 0 Å². The molecule has 104 valence electrons. The number of carbonyl (C=O) groups excluding carboxylic acids is 1. The Labute approximate surface area is 115 Å². The molecule has 0 radical (unpaired) electrons. The predicted molar refractivity (Wildman–Crippen MR) is 69.2 cm³/mol. The summed E-state index contributed by atoms with van der Waals surface area (Å²) >= 11 is 6.06. The lowest BCUT2D eigenvalue weighted by Crippen LogP contribution is -2.42. The maximum Gasteiger partial charge on any atom is 0.308 e. The van der Waals surface area contributed by atoms with E-state index < -0.39 is 11.9 Å². The molecule has 1 saturated heterocycles. The number of halogens is 1. The molecule has 1 aromatic heterocycles. The van der Waals surface area contributed by atoms with Gasteiger partial charge in [-0.2, -0.15) is 5.10 Å². The Morgan fingerprint density at radius 2 is 2.16 bits per heavy atom. The zero-order chi connectivity index (χ0) is 14.2. The van der Waals surface area contributed by atoms with E-state index in [1.165, 1.54) is 4.68 Å². The average Bonchev–Trinajstić information content (AvgIpc) is 2.62. The zero-order valence-electron chi connectivity index (χ0n) is 10.9. The third-order valence-corrected chi connectivity index (χ3v) is 3.86. The zero-order valence-corrected chi connectivity index (χ0v) is 11.6. The van der Waals surface area contributed by atoms with Crippen molar-refractivity contribution in [1.29, 1.82) is 0 Å². The highest BCUT2D eigenvalue weighted by Gasteiger charge is 2.31. The van der Waals surface area contributed by atoms with Gasteiger partial charge in [-0.1, -0.05) is 11.6 Å². The van der Waals surface area contributed by atoms with Crippen LogP contribution in [0.25, 0.3) is 0 Å². The number of hydrogen-bond donors (Lipinski definition) is 1. The van der Waals surface area contributed by atoms with Gasteiger partial charge in [0.05, 0.1) is 17.2 Å². The van der Waals surface area contributed by atoms with Gasteiger partial charge in [0, 0.05) is 20.1 Å². The predicted octanol–water partition coefficient (Wildman–Crippen LogP) is 1.32. The van der Waals surface area contributed by atoms with Crippen molar-refractivity contribution in [2.75, 3.05) is 13.1 Å². The second kappa shape index (κ2) is 5.21. The molecule has 19 heavy (non-hydrogen) atoms. The number of aliphatic carboxylic acids is 1. The largest absolute Gasteiger partial charge is 0.481 e. The van der Waals surface area contributed by atoms with Crippen LogP contribution in [0.4, 0.5) is 0 Å². The molecule has 7 heteroatoms. The summed E-state index contributed by atoms with van der Waals surface area (Å²) in [5, 5.41) is 13.4. The van der Waals surface area contributed by atoms with Crippen molar-refractivity contribution in [2.45, 2.75) is 19.8 Å². The van der Waals surface area contributed by atoms with Gasteiger partial charge >= 0.3 is 5.97 Å². The number of carbonyl (C=O) groups is 2. The van der Waals surface area contributed by atoms with Crippen LogP contribution in [0.2, 0.25) is 5.15 Å². The van der Waals surface area contributed by atoms with Crippen LogP contribution in [0.15, 0.2) is 0 Å². The van der Waals surface area contributed by atoms with Crippen molar-refractivity contribution in [3.05, 3.63) is 16.4 Å². The molecule has 6 nitrogen and oxygen atoms in total. The topological polar surface area (TPSA) is 75.4 Å². The number of likely N-dealkylation sites (tertiary alicyclic amines) is 1. The summed E-state index contributed by atoms with van der Waals surface area (Å²) < 4.78 is 1.45. The normalized spacial score (nSPS) is 19.5. The summed E-state index contributed by atoms with van der Waals surface area (Å²) in [6.45, 7) is 2.52. The molecule has 0 bridgehead atoms.